The smallest absolute Gasteiger partial charge is 0.319 e. The average Bonchev–Trinajstić information content (AvgIpc) is 3.08. The molecule has 1 aliphatic rings. The highest BCUT2D eigenvalue weighted by Crippen LogP contribution is 2.24. The van der Waals surface area contributed by atoms with Crippen molar-refractivity contribution in [3.05, 3.63) is 96.1 Å². The fourth-order valence-electron chi connectivity index (χ4n) is 4.20. The molecular weight excluding hydrogens is 344 g/mol. The van der Waals surface area contributed by atoms with E-state index in [1.807, 2.05) is 9.80 Å². The van der Waals surface area contributed by atoms with Crippen LogP contribution in [0, 0.1) is 0 Å². The van der Waals surface area contributed by atoms with Gasteiger partial charge in [-0.05, 0) is 32.7 Å². The highest BCUT2D eigenvalue weighted by Gasteiger charge is 2.28. The Labute approximate surface area is 164 Å². The lowest BCUT2D eigenvalue weighted by Crippen LogP contribution is -2.31. The quantitative estimate of drug-likeness (QED) is 0.472. The van der Waals surface area contributed by atoms with Crippen molar-refractivity contribution in [3.8, 4) is 0 Å². The SMILES string of the molecule is O=C1N(Cc2cccc3ccccc23)CCN1Cc1cccc2ccccc12. The monoisotopic (exact) mass is 366 g/mol. The molecule has 4 aromatic carbocycles. The molecule has 0 aromatic heterocycles. The molecule has 3 nitrogen and oxygen atoms in total. The molecule has 0 aliphatic carbocycles. The summed E-state index contributed by atoms with van der Waals surface area (Å²) in [6, 6.07) is 29.5. The summed E-state index contributed by atoms with van der Waals surface area (Å²) >= 11 is 0. The number of fused-ring (bicyclic) bond motifs is 2. The van der Waals surface area contributed by atoms with E-state index in [4.69, 9.17) is 0 Å². The first-order valence-electron chi connectivity index (χ1n) is 9.77. The fraction of sp³-hybridized carbons (Fsp3) is 0.160. The molecule has 1 saturated heterocycles. The number of carbonyl (C=O) groups excluding carboxylic acids is 1. The number of rotatable bonds is 4. The van der Waals surface area contributed by atoms with Crippen LogP contribution in [-0.4, -0.2) is 28.9 Å². The topological polar surface area (TPSA) is 23.6 Å². The summed E-state index contributed by atoms with van der Waals surface area (Å²) in [4.78, 5) is 17.0. The Balaban J connectivity index is 1.37. The normalized spacial score (nSPS) is 14.4. The van der Waals surface area contributed by atoms with Gasteiger partial charge in [0.1, 0.15) is 0 Å². The second-order valence-electron chi connectivity index (χ2n) is 7.40. The predicted molar refractivity (Wildman–Crippen MR) is 114 cm³/mol. The Morgan fingerprint density at radius 1 is 0.571 bits per heavy atom. The van der Waals surface area contributed by atoms with Gasteiger partial charge in [-0.2, -0.15) is 0 Å². The summed E-state index contributed by atoms with van der Waals surface area (Å²) in [5, 5.41) is 4.90. The maximum Gasteiger partial charge on any atom is 0.320 e. The maximum atomic E-state index is 13.0. The van der Waals surface area contributed by atoms with Crippen LogP contribution in [0.3, 0.4) is 0 Å². The van der Waals surface area contributed by atoms with E-state index in [1.54, 1.807) is 0 Å². The van der Waals surface area contributed by atoms with E-state index in [0.29, 0.717) is 13.1 Å². The highest BCUT2D eigenvalue weighted by atomic mass is 16.2. The van der Waals surface area contributed by atoms with Gasteiger partial charge < -0.3 is 9.80 Å². The average molecular weight is 366 g/mol. The number of hydrogen-bond donors (Lipinski definition) is 0. The van der Waals surface area contributed by atoms with Crippen molar-refractivity contribution in [3.63, 3.8) is 0 Å². The van der Waals surface area contributed by atoms with Crippen LogP contribution in [0.25, 0.3) is 21.5 Å². The Bertz CT molecular complexity index is 1070. The Hall–Kier alpha value is -3.33. The van der Waals surface area contributed by atoms with Crippen LogP contribution < -0.4 is 0 Å². The van der Waals surface area contributed by atoms with Gasteiger partial charge in [-0.1, -0.05) is 84.9 Å². The summed E-state index contributed by atoms with van der Waals surface area (Å²) in [5.74, 6) is 0. The Morgan fingerprint density at radius 3 is 1.50 bits per heavy atom. The molecule has 3 heteroatoms. The first kappa shape index (κ1) is 16.8. The van der Waals surface area contributed by atoms with E-state index in [2.05, 4.69) is 84.9 Å². The van der Waals surface area contributed by atoms with Crippen LogP contribution in [-0.2, 0) is 13.1 Å². The second kappa shape index (κ2) is 7.01. The first-order valence-corrected chi connectivity index (χ1v) is 9.77. The molecule has 5 rings (SSSR count). The van der Waals surface area contributed by atoms with Gasteiger partial charge >= 0.3 is 6.03 Å². The molecule has 2 amide bonds. The van der Waals surface area contributed by atoms with Crippen LogP contribution in [0.5, 0.6) is 0 Å². The van der Waals surface area contributed by atoms with Gasteiger partial charge in [0.15, 0.2) is 0 Å². The molecule has 4 aromatic rings. The molecule has 28 heavy (non-hydrogen) atoms. The zero-order valence-electron chi connectivity index (χ0n) is 15.7. The summed E-state index contributed by atoms with van der Waals surface area (Å²) in [6.07, 6.45) is 0. The van der Waals surface area contributed by atoms with Gasteiger partial charge in [-0.25, -0.2) is 4.79 Å². The fourth-order valence-corrected chi connectivity index (χ4v) is 4.20. The highest BCUT2D eigenvalue weighted by molar-refractivity contribution is 5.87. The van der Waals surface area contributed by atoms with Gasteiger partial charge in [0.2, 0.25) is 0 Å². The van der Waals surface area contributed by atoms with E-state index < -0.39 is 0 Å². The van der Waals surface area contributed by atoms with Gasteiger partial charge in [0.25, 0.3) is 0 Å². The lowest BCUT2D eigenvalue weighted by molar-refractivity contribution is 0.189. The maximum absolute atomic E-state index is 13.0. The van der Waals surface area contributed by atoms with Gasteiger partial charge in [-0.3, -0.25) is 0 Å². The lowest BCUT2D eigenvalue weighted by Gasteiger charge is -2.20. The van der Waals surface area contributed by atoms with Crippen molar-refractivity contribution < 1.29 is 4.79 Å². The minimum atomic E-state index is 0.126. The van der Waals surface area contributed by atoms with E-state index in [9.17, 15) is 4.79 Å². The number of benzene rings is 4. The van der Waals surface area contributed by atoms with Gasteiger partial charge in [0.05, 0.1) is 0 Å². The standard InChI is InChI=1S/C25H22N2O/c28-25-26(17-21-11-5-9-19-7-1-3-13-23(19)21)15-16-27(25)18-22-12-6-10-20-8-2-4-14-24(20)22/h1-14H,15-18H2. The number of nitrogens with zero attached hydrogens (tertiary/aromatic N) is 2. The third-order valence-corrected chi connectivity index (χ3v) is 5.66. The van der Waals surface area contributed by atoms with Crippen LogP contribution in [0.2, 0.25) is 0 Å². The summed E-state index contributed by atoms with van der Waals surface area (Å²) < 4.78 is 0. The van der Waals surface area contributed by atoms with Crippen molar-refractivity contribution in [2.75, 3.05) is 13.1 Å². The van der Waals surface area contributed by atoms with Crippen molar-refractivity contribution >= 4 is 27.6 Å². The first-order chi connectivity index (χ1) is 13.8. The Morgan fingerprint density at radius 2 is 1.00 bits per heavy atom. The molecule has 0 radical (unpaired) electrons. The van der Waals surface area contributed by atoms with Crippen LogP contribution in [0.1, 0.15) is 11.1 Å². The van der Waals surface area contributed by atoms with Crippen LogP contribution >= 0.6 is 0 Å². The third kappa shape index (κ3) is 2.99. The number of carbonyl (C=O) groups is 1. The third-order valence-electron chi connectivity index (χ3n) is 5.66. The molecule has 1 heterocycles. The zero-order chi connectivity index (χ0) is 18.9. The number of urea groups is 1. The molecule has 1 aliphatic heterocycles. The van der Waals surface area contributed by atoms with Gasteiger partial charge in [-0.15, -0.1) is 0 Å². The predicted octanol–water partition coefficient (Wildman–Crippen LogP) is 5.43. The van der Waals surface area contributed by atoms with Crippen molar-refractivity contribution in [2.45, 2.75) is 13.1 Å². The number of hydrogen-bond acceptors (Lipinski definition) is 1. The van der Waals surface area contributed by atoms with Crippen molar-refractivity contribution in [2.24, 2.45) is 0 Å². The lowest BCUT2D eigenvalue weighted by atomic mass is 10.0. The molecular formula is C25H22N2O. The molecule has 0 unspecified atom stereocenters. The van der Waals surface area contributed by atoms with E-state index in [1.165, 1.54) is 32.7 Å². The summed E-state index contributed by atoms with van der Waals surface area (Å²) in [6.45, 7) is 2.86. The largest absolute Gasteiger partial charge is 0.320 e. The van der Waals surface area contributed by atoms with E-state index >= 15 is 0 Å². The molecule has 0 spiro atoms. The zero-order valence-corrected chi connectivity index (χ0v) is 15.7. The molecule has 138 valence electrons. The number of amides is 2. The molecule has 0 N–H and O–H groups in total. The molecule has 0 bridgehead atoms. The Kier molecular flexibility index (Phi) is 4.21. The minimum Gasteiger partial charge on any atom is -0.319 e. The minimum absolute atomic E-state index is 0.126. The molecule has 1 fully saturated rings. The van der Waals surface area contributed by atoms with E-state index in [0.717, 1.165) is 13.1 Å². The van der Waals surface area contributed by atoms with Crippen LogP contribution in [0.15, 0.2) is 84.9 Å². The summed E-state index contributed by atoms with van der Waals surface area (Å²) in [5.41, 5.74) is 2.41. The summed E-state index contributed by atoms with van der Waals surface area (Å²) in [7, 11) is 0. The molecule has 0 atom stereocenters. The van der Waals surface area contributed by atoms with Crippen molar-refractivity contribution in [1.82, 2.24) is 9.80 Å². The van der Waals surface area contributed by atoms with Crippen molar-refractivity contribution in [1.29, 1.82) is 0 Å². The second-order valence-corrected chi connectivity index (χ2v) is 7.40. The van der Waals surface area contributed by atoms with E-state index in [-0.39, 0.29) is 6.03 Å². The van der Waals surface area contributed by atoms with Gasteiger partial charge in [0, 0.05) is 26.2 Å². The molecule has 0 saturated carbocycles. The van der Waals surface area contributed by atoms with Crippen LogP contribution in [0.4, 0.5) is 4.79 Å².